The van der Waals surface area contributed by atoms with Gasteiger partial charge in [0.25, 0.3) is 0 Å². The smallest absolute Gasteiger partial charge is 0.336 e. The summed E-state index contributed by atoms with van der Waals surface area (Å²) in [5.41, 5.74) is 1.39. The Bertz CT molecular complexity index is 678. The molecular weight excluding hydrogens is 278 g/mol. The molecule has 1 N–H and O–H groups in total. The molecule has 0 saturated heterocycles. The Morgan fingerprint density at radius 1 is 1.05 bits per heavy atom. The molecule has 2 aromatic rings. The van der Waals surface area contributed by atoms with E-state index in [9.17, 15) is 9.59 Å². The minimum atomic E-state index is -0.498. The molecule has 0 unspecified atom stereocenters. The summed E-state index contributed by atoms with van der Waals surface area (Å²) in [6.07, 6.45) is 3.39. The summed E-state index contributed by atoms with van der Waals surface area (Å²) in [6, 6.07) is 16.3. The van der Waals surface area contributed by atoms with Gasteiger partial charge < -0.3 is 10.1 Å². The van der Waals surface area contributed by atoms with Crippen LogP contribution in [0.25, 0.3) is 6.08 Å². The van der Waals surface area contributed by atoms with Crippen molar-refractivity contribution in [1.29, 1.82) is 0 Å². The number of benzene rings is 2. The highest BCUT2D eigenvalue weighted by molar-refractivity contribution is 5.94. The lowest BCUT2D eigenvalue weighted by Crippen LogP contribution is -2.12. The molecule has 0 fully saturated rings. The molecule has 0 aliphatic carbocycles. The molecule has 0 aliphatic rings. The summed E-state index contributed by atoms with van der Waals surface area (Å²) in [5, 5.41) is 2.70. The van der Waals surface area contributed by atoms with Gasteiger partial charge in [-0.2, -0.15) is 0 Å². The Morgan fingerprint density at radius 3 is 2.45 bits per heavy atom. The molecular formula is C18H17NO3. The highest BCUT2D eigenvalue weighted by Crippen LogP contribution is 2.24. The first-order chi connectivity index (χ1) is 10.7. The minimum Gasteiger partial charge on any atom is -0.421 e. The Morgan fingerprint density at radius 2 is 1.73 bits per heavy atom. The van der Waals surface area contributed by atoms with Crippen LogP contribution in [0.15, 0.2) is 60.7 Å². The molecule has 2 aromatic carbocycles. The van der Waals surface area contributed by atoms with Crippen molar-refractivity contribution in [3.8, 4) is 5.75 Å². The molecule has 0 bridgehead atoms. The molecule has 22 heavy (non-hydrogen) atoms. The van der Waals surface area contributed by atoms with E-state index in [1.165, 1.54) is 6.08 Å². The van der Waals surface area contributed by atoms with Gasteiger partial charge in [-0.25, -0.2) is 4.79 Å². The fourth-order valence-electron chi connectivity index (χ4n) is 1.77. The average molecular weight is 295 g/mol. The van der Waals surface area contributed by atoms with Crippen LogP contribution in [0.2, 0.25) is 0 Å². The maximum absolute atomic E-state index is 11.9. The van der Waals surface area contributed by atoms with E-state index in [4.69, 9.17) is 4.74 Å². The van der Waals surface area contributed by atoms with E-state index in [-0.39, 0.29) is 5.91 Å². The number of esters is 1. The molecule has 4 heteroatoms. The molecule has 112 valence electrons. The average Bonchev–Trinajstić information content (AvgIpc) is 2.55. The van der Waals surface area contributed by atoms with Gasteiger partial charge in [0.05, 0.1) is 5.69 Å². The van der Waals surface area contributed by atoms with Crippen LogP contribution in [-0.4, -0.2) is 11.9 Å². The number of nitrogens with one attached hydrogen (secondary N) is 1. The number of amides is 1. The van der Waals surface area contributed by atoms with Gasteiger partial charge >= 0.3 is 5.97 Å². The summed E-state index contributed by atoms with van der Waals surface area (Å²) < 4.78 is 5.27. The van der Waals surface area contributed by atoms with Crippen molar-refractivity contribution in [2.24, 2.45) is 0 Å². The van der Waals surface area contributed by atoms with Crippen molar-refractivity contribution in [1.82, 2.24) is 0 Å². The maximum atomic E-state index is 11.9. The predicted molar refractivity (Wildman–Crippen MR) is 86.5 cm³/mol. The van der Waals surface area contributed by atoms with Crippen molar-refractivity contribution in [2.45, 2.75) is 13.3 Å². The Balaban J connectivity index is 2.05. The maximum Gasteiger partial charge on any atom is 0.336 e. The number of hydrogen-bond donors (Lipinski definition) is 1. The predicted octanol–water partition coefficient (Wildman–Crippen LogP) is 3.65. The Hall–Kier alpha value is -2.88. The largest absolute Gasteiger partial charge is 0.421 e. The quantitative estimate of drug-likeness (QED) is 0.520. The Labute approximate surface area is 129 Å². The summed E-state index contributed by atoms with van der Waals surface area (Å²) in [6.45, 7) is 1.76. The zero-order valence-corrected chi connectivity index (χ0v) is 12.3. The van der Waals surface area contributed by atoms with Gasteiger partial charge in [0.1, 0.15) is 0 Å². The fourth-order valence-corrected chi connectivity index (χ4v) is 1.77. The first kappa shape index (κ1) is 15.5. The van der Waals surface area contributed by atoms with Crippen molar-refractivity contribution >= 4 is 23.6 Å². The molecule has 0 aromatic heterocycles. The van der Waals surface area contributed by atoms with E-state index in [0.717, 1.165) is 5.56 Å². The molecule has 0 heterocycles. The normalized spacial score (nSPS) is 10.4. The van der Waals surface area contributed by atoms with Crippen LogP contribution in [-0.2, 0) is 9.59 Å². The van der Waals surface area contributed by atoms with Crippen LogP contribution in [0.3, 0.4) is 0 Å². The molecule has 0 spiro atoms. The molecule has 0 aliphatic heterocycles. The molecule has 2 rings (SSSR count). The van der Waals surface area contributed by atoms with Gasteiger partial charge in [-0.05, 0) is 23.8 Å². The molecule has 0 radical (unpaired) electrons. The van der Waals surface area contributed by atoms with Crippen LogP contribution in [0.1, 0.15) is 18.9 Å². The van der Waals surface area contributed by atoms with Crippen molar-refractivity contribution in [3.05, 3.63) is 66.2 Å². The second kappa shape index (κ2) is 7.78. The number of anilines is 1. The third kappa shape index (κ3) is 4.59. The zero-order valence-electron chi connectivity index (χ0n) is 12.3. The van der Waals surface area contributed by atoms with Crippen LogP contribution in [0.5, 0.6) is 5.75 Å². The number of ether oxygens (including phenoxy) is 1. The van der Waals surface area contributed by atoms with E-state index < -0.39 is 5.97 Å². The van der Waals surface area contributed by atoms with Crippen LogP contribution < -0.4 is 10.1 Å². The topological polar surface area (TPSA) is 55.4 Å². The molecule has 0 atom stereocenters. The van der Waals surface area contributed by atoms with E-state index in [0.29, 0.717) is 17.9 Å². The first-order valence-electron chi connectivity index (χ1n) is 7.03. The SMILES string of the molecule is CCC(=O)Nc1ccccc1OC(=O)C=Cc1ccccc1. The number of para-hydroxylation sites is 2. The van der Waals surface area contributed by atoms with Crippen molar-refractivity contribution in [2.75, 3.05) is 5.32 Å². The highest BCUT2D eigenvalue weighted by Gasteiger charge is 2.08. The van der Waals surface area contributed by atoms with E-state index in [1.54, 1.807) is 37.3 Å². The van der Waals surface area contributed by atoms with Gasteiger partial charge in [0.15, 0.2) is 5.75 Å². The summed E-state index contributed by atoms with van der Waals surface area (Å²) >= 11 is 0. The van der Waals surface area contributed by atoms with Gasteiger partial charge in [0.2, 0.25) is 5.91 Å². The van der Waals surface area contributed by atoms with Crippen molar-refractivity contribution < 1.29 is 14.3 Å². The number of rotatable bonds is 5. The summed E-state index contributed by atoms with van der Waals surface area (Å²) in [7, 11) is 0. The highest BCUT2D eigenvalue weighted by atomic mass is 16.5. The van der Waals surface area contributed by atoms with Gasteiger partial charge in [-0.3, -0.25) is 4.79 Å². The lowest BCUT2D eigenvalue weighted by atomic mass is 10.2. The van der Waals surface area contributed by atoms with E-state index in [2.05, 4.69) is 5.32 Å². The second-order valence-electron chi connectivity index (χ2n) is 4.56. The number of carbonyl (C=O) groups excluding carboxylic acids is 2. The van der Waals surface area contributed by atoms with Crippen LogP contribution in [0, 0.1) is 0 Å². The van der Waals surface area contributed by atoms with Gasteiger partial charge in [-0.1, -0.05) is 49.4 Å². The molecule has 0 saturated carbocycles. The fraction of sp³-hybridized carbons (Fsp3) is 0.111. The molecule has 1 amide bonds. The van der Waals surface area contributed by atoms with Crippen LogP contribution >= 0.6 is 0 Å². The first-order valence-corrected chi connectivity index (χ1v) is 7.03. The van der Waals surface area contributed by atoms with E-state index >= 15 is 0 Å². The monoisotopic (exact) mass is 295 g/mol. The summed E-state index contributed by atoms with van der Waals surface area (Å²) in [5.74, 6) is -0.308. The standard InChI is InChI=1S/C18H17NO3/c1-2-17(20)19-15-10-6-7-11-16(15)22-18(21)13-12-14-8-4-3-5-9-14/h3-13H,2H2,1H3,(H,19,20). The minimum absolute atomic E-state index is 0.136. The zero-order chi connectivity index (χ0) is 15.8. The number of carbonyl (C=O) groups is 2. The van der Waals surface area contributed by atoms with Crippen LogP contribution in [0.4, 0.5) is 5.69 Å². The van der Waals surface area contributed by atoms with Gasteiger partial charge in [0, 0.05) is 12.5 Å². The van der Waals surface area contributed by atoms with Gasteiger partial charge in [-0.15, -0.1) is 0 Å². The lowest BCUT2D eigenvalue weighted by Gasteiger charge is -2.09. The number of hydrogen-bond acceptors (Lipinski definition) is 3. The lowest BCUT2D eigenvalue weighted by molar-refractivity contribution is -0.129. The summed E-state index contributed by atoms with van der Waals surface area (Å²) in [4.78, 5) is 23.3. The third-order valence-electron chi connectivity index (χ3n) is 2.90. The van der Waals surface area contributed by atoms with E-state index in [1.807, 2.05) is 30.3 Å². The third-order valence-corrected chi connectivity index (χ3v) is 2.90. The molecule has 4 nitrogen and oxygen atoms in total. The van der Waals surface area contributed by atoms with Crippen molar-refractivity contribution in [3.63, 3.8) is 0 Å². The Kier molecular flexibility index (Phi) is 5.49. The second-order valence-corrected chi connectivity index (χ2v) is 4.56.